The molecule has 0 saturated carbocycles. The van der Waals surface area contributed by atoms with Crippen LogP contribution in [0.5, 0.6) is 0 Å². The van der Waals surface area contributed by atoms with E-state index >= 15 is 0 Å². The van der Waals surface area contributed by atoms with Gasteiger partial charge in [-0.25, -0.2) is 0 Å². The molecule has 0 amide bonds. The Labute approximate surface area is 204 Å². The first-order valence-corrected chi connectivity index (χ1v) is 30.5. The maximum absolute atomic E-state index is 4.01. The van der Waals surface area contributed by atoms with Crippen LogP contribution in [0.15, 0.2) is 133 Å². The fourth-order valence-corrected chi connectivity index (χ4v) is 59.9. The van der Waals surface area contributed by atoms with Crippen molar-refractivity contribution >= 4 is 15.9 Å². The second-order valence-corrected chi connectivity index (χ2v) is 54.0. The van der Waals surface area contributed by atoms with E-state index < -0.39 is 22.6 Å². The molecular weight excluding hydrogens is 591 g/mol. The molecule has 4 aromatic carbocycles. The Morgan fingerprint density at radius 1 is 0.529 bits per heavy atom. The van der Waals surface area contributed by atoms with Crippen LogP contribution in [-0.4, -0.2) is 5.49 Å². The zero-order chi connectivity index (χ0) is 23.2. The number of hydrogen-bond acceptors (Lipinski definition) is 0. The van der Waals surface area contributed by atoms with E-state index in [0.29, 0.717) is 7.35 Å². The van der Waals surface area contributed by atoms with Gasteiger partial charge in [-0.05, 0) is 0 Å². The Balaban J connectivity index is 1.84. The van der Waals surface area contributed by atoms with Gasteiger partial charge in [0, 0.05) is 0 Å². The van der Waals surface area contributed by atoms with Crippen LogP contribution in [0.25, 0.3) is 11.1 Å². The van der Waals surface area contributed by atoms with Crippen molar-refractivity contribution in [2.45, 2.75) is 16.7 Å². The summed E-state index contributed by atoms with van der Waals surface area (Å²) in [6.45, 7) is 0. The third-order valence-electron chi connectivity index (χ3n) is 8.41. The minimum atomic E-state index is -4.01. The molecule has 34 heavy (non-hydrogen) atoms. The van der Waals surface area contributed by atoms with Crippen LogP contribution in [0.2, 0.25) is 13.0 Å². The van der Waals surface area contributed by atoms with Crippen molar-refractivity contribution in [3.8, 4) is 11.1 Å². The maximum atomic E-state index is 2.81. The van der Waals surface area contributed by atoms with Crippen molar-refractivity contribution in [1.82, 2.24) is 0 Å². The van der Waals surface area contributed by atoms with Gasteiger partial charge in [0.2, 0.25) is 0 Å². The average molecular weight is 621 g/mol. The molecule has 0 aliphatic heterocycles. The van der Waals surface area contributed by atoms with Crippen LogP contribution in [0.3, 0.4) is 0 Å². The van der Waals surface area contributed by atoms with Gasteiger partial charge in [0.05, 0.1) is 0 Å². The Bertz CT molecular complexity index is 1400. The Morgan fingerprint density at radius 3 is 1.41 bits per heavy atom. The first kappa shape index (κ1) is 21.9. The molecule has 0 bridgehead atoms. The summed E-state index contributed by atoms with van der Waals surface area (Å²) >= 11 is -4.01. The predicted octanol–water partition coefficient (Wildman–Crippen LogP) is 7.26. The van der Waals surface area contributed by atoms with E-state index in [4.69, 9.17) is 0 Å². The molecule has 0 aromatic heterocycles. The summed E-state index contributed by atoms with van der Waals surface area (Å²) in [6.07, 6.45) is 9.68. The van der Waals surface area contributed by atoms with Gasteiger partial charge in [0.25, 0.3) is 0 Å². The number of hydrogen-bond donors (Lipinski definition) is 0. The van der Waals surface area contributed by atoms with Gasteiger partial charge in [-0.15, -0.1) is 0 Å². The quantitative estimate of drug-likeness (QED) is 0.211. The third kappa shape index (κ3) is 3.19. The summed E-state index contributed by atoms with van der Waals surface area (Å²) in [5, 5.41) is 3.13. The van der Waals surface area contributed by atoms with E-state index in [1.165, 1.54) is 11.1 Å². The van der Waals surface area contributed by atoms with Gasteiger partial charge < -0.3 is 0 Å². The fourth-order valence-electron chi connectivity index (χ4n) is 6.93. The molecule has 0 spiro atoms. The van der Waals surface area contributed by atoms with Crippen LogP contribution in [-0.2, 0) is 17.1 Å². The van der Waals surface area contributed by atoms with E-state index in [2.05, 4.69) is 143 Å². The van der Waals surface area contributed by atoms with Gasteiger partial charge in [-0.2, -0.15) is 0 Å². The first-order chi connectivity index (χ1) is 16.6. The second kappa shape index (κ2) is 8.29. The summed E-state index contributed by atoms with van der Waals surface area (Å²) in [7, 11) is 0. The second-order valence-electron chi connectivity index (χ2n) is 10.6. The summed E-state index contributed by atoms with van der Waals surface area (Å²) in [5.41, 5.74) is 4.95. The van der Waals surface area contributed by atoms with Crippen molar-refractivity contribution in [3.05, 3.63) is 145 Å². The molecule has 2 aliphatic rings. The molecule has 0 atom stereocenters. The van der Waals surface area contributed by atoms with Crippen LogP contribution in [0.4, 0.5) is 0 Å². The minimum absolute atomic E-state index is 0.496. The SMILES string of the molecule is [CH3][Hf]([CH3])([CH]1C=CC=C1)([CH]1c2ccccc2-c2ccccc21)=[Si](c1ccccc1)c1ccccc1. The zero-order valence-electron chi connectivity index (χ0n) is 19.9. The predicted molar refractivity (Wildman–Crippen MR) is 145 cm³/mol. The molecule has 0 fully saturated rings. The van der Waals surface area contributed by atoms with Gasteiger partial charge in [0.15, 0.2) is 0 Å². The fraction of sp³-hybridized carbons (Fsp3) is 0.125. The summed E-state index contributed by atoms with van der Waals surface area (Å²) in [4.78, 5) is 0. The van der Waals surface area contributed by atoms with E-state index in [1.807, 2.05) is 0 Å². The monoisotopic (exact) mass is 622 g/mol. The van der Waals surface area contributed by atoms with Crippen molar-refractivity contribution in [2.75, 3.05) is 0 Å². The third-order valence-corrected chi connectivity index (χ3v) is 57.5. The number of benzene rings is 4. The Kier molecular flexibility index (Phi) is 5.35. The van der Waals surface area contributed by atoms with Crippen LogP contribution < -0.4 is 10.4 Å². The van der Waals surface area contributed by atoms with Crippen molar-refractivity contribution in [3.63, 3.8) is 0 Å². The number of rotatable bonds is 4. The number of fused-ring (bicyclic) bond motifs is 3. The molecule has 0 heterocycles. The normalized spacial score (nSPS) is 15.4. The molecule has 0 radical (unpaired) electrons. The molecule has 0 N–H and O–H groups in total. The van der Waals surface area contributed by atoms with Crippen molar-refractivity contribution in [2.24, 2.45) is 0 Å². The number of allylic oxidation sites excluding steroid dienone is 4. The molecular formula is C32H30HfSi. The van der Waals surface area contributed by atoms with Crippen molar-refractivity contribution in [1.29, 1.82) is 0 Å². The van der Waals surface area contributed by atoms with Gasteiger partial charge in [-0.3, -0.25) is 0 Å². The molecule has 166 valence electrons. The Hall–Kier alpha value is -2.55. The van der Waals surface area contributed by atoms with E-state index in [-0.39, 0.29) is 0 Å². The van der Waals surface area contributed by atoms with Crippen LogP contribution >= 0.6 is 0 Å². The molecule has 0 unspecified atom stereocenters. The topological polar surface area (TPSA) is 0 Å². The molecule has 0 saturated heterocycles. The van der Waals surface area contributed by atoms with Gasteiger partial charge >= 0.3 is 205 Å². The van der Waals surface area contributed by atoms with Crippen LogP contribution in [0.1, 0.15) is 14.8 Å². The van der Waals surface area contributed by atoms with E-state index in [9.17, 15) is 0 Å². The van der Waals surface area contributed by atoms with Crippen LogP contribution in [0, 0.1) is 0 Å². The van der Waals surface area contributed by atoms with Gasteiger partial charge in [0.1, 0.15) is 0 Å². The summed E-state index contributed by atoms with van der Waals surface area (Å²) in [6, 6.07) is 41.5. The zero-order valence-corrected chi connectivity index (χ0v) is 24.4. The molecule has 6 rings (SSSR count). The first-order valence-electron chi connectivity index (χ1n) is 12.3. The molecule has 2 aliphatic carbocycles. The van der Waals surface area contributed by atoms with Gasteiger partial charge in [-0.1, -0.05) is 0 Å². The van der Waals surface area contributed by atoms with E-state index in [1.54, 1.807) is 21.5 Å². The molecule has 0 nitrogen and oxygen atoms in total. The van der Waals surface area contributed by atoms with E-state index in [0.717, 1.165) is 0 Å². The summed E-state index contributed by atoms with van der Waals surface area (Å²) < 4.78 is 6.64. The van der Waals surface area contributed by atoms with Crippen molar-refractivity contribution < 1.29 is 17.1 Å². The summed E-state index contributed by atoms with van der Waals surface area (Å²) in [5.74, 6) is 0. The average Bonchev–Trinajstić information content (AvgIpc) is 3.54. The molecule has 2 heteroatoms. The Morgan fingerprint density at radius 2 is 0.941 bits per heavy atom. The molecule has 4 aromatic rings. The standard InChI is InChI=1S/C13H9.C12H10Si.C5H5.2CH3.Hf/c1-3-7-12-10(5-1)9-11-6-2-4-8-13(11)12;1-3-7-11(8-4-1)13-12-9-5-2-6-10-12;1-2-4-5-3-1;;;/h1-9H;1-10H;1-5H;2*1H3;.